The van der Waals surface area contributed by atoms with E-state index in [-0.39, 0.29) is 24.2 Å². The fourth-order valence-electron chi connectivity index (χ4n) is 3.72. The number of hydrogen-bond donors (Lipinski definition) is 1. The Labute approximate surface area is 160 Å². The summed E-state index contributed by atoms with van der Waals surface area (Å²) in [6, 6.07) is 6.88. The highest BCUT2D eigenvalue weighted by atomic mass is 19.1. The molecule has 0 unspecified atom stereocenters. The van der Waals surface area contributed by atoms with E-state index in [1.807, 2.05) is 17.0 Å². The second kappa shape index (κ2) is 9.80. The van der Waals surface area contributed by atoms with Crippen molar-refractivity contribution in [1.82, 2.24) is 20.0 Å². The maximum Gasteiger partial charge on any atom is 0.241 e. The number of hydrogen-bond acceptors (Lipinski definition) is 4. The zero-order chi connectivity index (χ0) is 19.1. The van der Waals surface area contributed by atoms with Crippen molar-refractivity contribution >= 4 is 11.8 Å². The van der Waals surface area contributed by atoms with Crippen LogP contribution in [0.3, 0.4) is 0 Å². The average Bonchev–Trinajstić information content (AvgIpc) is 3.12. The summed E-state index contributed by atoms with van der Waals surface area (Å²) in [6.45, 7) is 5.89. The van der Waals surface area contributed by atoms with Crippen LogP contribution in [0.4, 0.5) is 4.39 Å². The van der Waals surface area contributed by atoms with Gasteiger partial charge in [-0.2, -0.15) is 0 Å². The van der Waals surface area contributed by atoms with Crippen LogP contribution in [0.5, 0.6) is 0 Å². The third kappa shape index (κ3) is 6.01. The summed E-state index contributed by atoms with van der Waals surface area (Å²) in [5.41, 5.74) is 0.712. The highest BCUT2D eigenvalue weighted by Gasteiger charge is 2.20. The van der Waals surface area contributed by atoms with E-state index in [1.165, 1.54) is 6.07 Å². The van der Waals surface area contributed by atoms with Crippen LogP contribution in [0.15, 0.2) is 24.3 Å². The molecular formula is C20H29FN4O2. The summed E-state index contributed by atoms with van der Waals surface area (Å²) in [5, 5.41) is 2.75. The van der Waals surface area contributed by atoms with Gasteiger partial charge in [-0.05, 0) is 38.4 Å². The van der Waals surface area contributed by atoms with Crippen LogP contribution < -0.4 is 5.32 Å². The molecule has 27 heavy (non-hydrogen) atoms. The van der Waals surface area contributed by atoms with E-state index in [1.54, 1.807) is 6.07 Å². The second-order valence-electron chi connectivity index (χ2n) is 7.36. The first-order valence-electron chi connectivity index (χ1n) is 9.84. The van der Waals surface area contributed by atoms with Crippen molar-refractivity contribution in [2.45, 2.75) is 25.8 Å². The molecule has 3 rings (SSSR count). The number of nitrogens with zero attached hydrogens (tertiary/aromatic N) is 3. The van der Waals surface area contributed by atoms with Gasteiger partial charge in [-0.1, -0.05) is 18.2 Å². The van der Waals surface area contributed by atoms with E-state index in [0.717, 1.165) is 58.5 Å². The Hall–Kier alpha value is -1.99. The number of benzene rings is 1. The molecule has 2 fully saturated rings. The number of carbonyl (C=O) groups is 2. The van der Waals surface area contributed by atoms with Crippen molar-refractivity contribution in [3.63, 3.8) is 0 Å². The van der Waals surface area contributed by atoms with Crippen LogP contribution in [0.1, 0.15) is 24.8 Å². The topological polar surface area (TPSA) is 55.9 Å². The molecule has 7 heteroatoms. The number of nitrogens with one attached hydrogen (secondary N) is 1. The highest BCUT2D eigenvalue weighted by Crippen LogP contribution is 2.12. The molecule has 2 heterocycles. The molecule has 1 N–H and O–H groups in total. The molecule has 0 spiro atoms. The first-order valence-corrected chi connectivity index (χ1v) is 9.84. The molecule has 1 aromatic rings. The molecule has 0 saturated carbocycles. The fraction of sp³-hybridized carbons (Fsp3) is 0.600. The standard InChI is InChI=1S/C20H29FN4O2/c21-18-7-2-1-6-17(18)15-23-8-5-9-24(13-12-23)16-19(26)22-14-20(27)25-10-3-4-11-25/h1-2,6-7H,3-5,8-16H2,(H,22,26). The van der Waals surface area contributed by atoms with Gasteiger partial charge in [0.2, 0.25) is 11.8 Å². The van der Waals surface area contributed by atoms with Crippen LogP contribution in [0.25, 0.3) is 0 Å². The summed E-state index contributed by atoms with van der Waals surface area (Å²) in [4.78, 5) is 30.3. The van der Waals surface area contributed by atoms with Crippen LogP contribution in [-0.2, 0) is 16.1 Å². The lowest BCUT2D eigenvalue weighted by Gasteiger charge is -2.22. The minimum atomic E-state index is -0.166. The third-order valence-electron chi connectivity index (χ3n) is 5.30. The average molecular weight is 376 g/mol. The van der Waals surface area contributed by atoms with Gasteiger partial charge in [0.15, 0.2) is 0 Å². The minimum Gasteiger partial charge on any atom is -0.346 e. The van der Waals surface area contributed by atoms with Crippen molar-refractivity contribution in [2.75, 3.05) is 52.4 Å². The molecular weight excluding hydrogens is 347 g/mol. The van der Waals surface area contributed by atoms with Gasteiger partial charge in [-0.25, -0.2) is 4.39 Å². The van der Waals surface area contributed by atoms with E-state index in [0.29, 0.717) is 18.7 Å². The highest BCUT2D eigenvalue weighted by molar-refractivity contribution is 5.85. The summed E-state index contributed by atoms with van der Waals surface area (Å²) >= 11 is 0. The lowest BCUT2D eigenvalue weighted by molar-refractivity contribution is -0.132. The van der Waals surface area contributed by atoms with Crippen molar-refractivity contribution in [1.29, 1.82) is 0 Å². The molecule has 2 saturated heterocycles. The van der Waals surface area contributed by atoms with Crippen molar-refractivity contribution in [2.24, 2.45) is 0 Å². The van der Waals surface area contributed by atoms with E-state index in [9.17, 15) is 14.0 Å². The zero-order valence-corrected chi connectivity index (χ0v) is 15.8. The number of rotatable bonds is 6. The first-order chi connectivity index (χ1) is 13.1. The molecule has 148 valence electrons. The normalized spacial score (nSPS) is 19.1. The van der Waals surface area contributed by atoms with E-state index < -0.39 is 0 Å². The van der Waals surface area contributed by atoms with E-state index in [4.69, 9.17) is 0 Å². The maximum absolute atomic E-state index is 13.8. The Bertz CT molecular complexity index is 649. The molecule has 2 aliphatic rings. The third-order valence-corrected chi connectivity index (χ3v) is 5.30. The quantitative estimate of drug-likeness (QED) is 0.807. The molecule has 0 bridgehead atoms. The second-order valence-corrected chi connectivity index (χ2v) is 7.36. The van der Waals surface area contributed by atoms with Gasteiger partial charge in [0.25, 0.3) is 0 Å². The van der Waals surface area contributed by atoms with Gasteiger partial charge < -0.3 is 10.2 Å². The van der Waals surface area contributed by atoms with Gasteiger partial charge in [0, 0.05) is 38.3 Å². The lowest BCUT2D eigenvalue weighted by atomic mass is 10.2. The van der Waals surface area contributed by atoms with Crippen LogP contribution in [0, 0.1) is 5.82 Å². The van der Waals surface area contributed by atoms with Crippen LogP contribution in [0.2, 0.25) is 0 Å². The Balaban J connectivity index is 1.39. The predicted molar refractivity (Wildman–Crippen MR) is 102 cm³/mol. The van der Waals surface area contributed by atoms with Crippen LogP contribution in [-0.4, -0.2) is 78.9 Å². The van der Waals surface area contributed by atoms with Gasteiger partial charge in [-0.15, -0.1) is 0 Å². The summed E-state index contributed by atoms with van der Waals surface area (Å²) < 4.78 is 13.8. The largest absolute Gasteiger partial charge is 0.346 e. The molecule has 6 nitrogen and oxygen atoms in total. The van der Waals surface area contributed by atoms with E-state index in [2.05, 4.69) is 15.1 Å². The van der Waals surface area contributed by atoms with Gasteiger partial charge >= 0.3 is 0 Å². The maximum atomic E-state index is 13.8. The van der Waals surface area contributed by atoms with Crippen molar-refractivity contribution in [3.05, 3.63) is 35.6 Å². The van der Waals surface area contributed by atoms with Crippen molar-refractivity contribution in [3.8, 4) is 0 Å². The number of carbonyl (C=O) groups excluding carboxylic acids is 2. The number of halogens is 1. The lowest BCUT2D eigenvalue weighted by Crippen LogP contribution is -2.43. The summed E-state index contributed by atoms with van der Waals surface area (Å²) in [6.07, 6.45) is 3.04. The number of likely N-dealkylation sites (tertiary alicyclic amines) is 1. The Morgan fingerprint density at radius 2 is 1.63 bits per heavy atom. The first kappa shape index (κ1) is 19.8. The Morgan fingerprint density at radius 3 is 2.41 bits per heavy atom. The Morgan fingerprint density at radius 1 is 0.926 bits per heavy atom. The Kier molecular flexibility index (Phi) is 7.18. The molecule has 2 aliphatic heterocycles. The minimum absolute atomic E-state index is 0.00720. The van der Waals surface area contributed by atoms with Gasteiger partial charge in [-0.3, -0.25) is 19.4 Å². The summed E-state index contributed by atoms with van der Waals surface area (Å²) in [7, 11) is 0. The molecule has 1 aromatic carbocycles. The summed E-state index contributed by atoms with van der Waals surface area (Å²) in [5.74, 6) is -0.265. The molecule has 0 aliphatic carbocycles. The molecule has 2 amide bonds. The number of amides is 2. The van der Waals surface area contributed by atoms with Crippen molar-refractivity contribution < 1.29 is 14.0 Å². The van der Waals surface area contributed by atoms with Gasteiger partial charge in [0.1, 0.15) is 5.82 Å². The zero-order valence-electron chi connectivity index (χ0n) is 15.8. The van der Waals surface area contributed by atoms with Gasteiger partial charge in [0.05, 0.1) is 13.1 Å². The molecule has 0 atom stereocenters. The molecule has 0 aromatic heterocycles. The SMILES string of the molecule is O=C(CN1CCCN(Cc2ccccc2F)CC1)NCC(=O)N1CCCC1. The fourth-order valence-corrected chi connectivity index (χ4v) is 3.72. The van der Waals surface area contributed by atoms with E-state index >= 15 is 0 Å². The predicted octanol–water partition coefficient (Wildman–Crippen LogP) is 1.07. The van der Waals surface area contributed by atoms with Crippen LogP contribution >= 0.6 is 0 Å². The monoisotopic (exact) mass is 376 g/mol. The molecule has 0 radical (unpaired) electrons. The smallest absolute Gasteiger partial charge is 0.241 e.